The van der Waals surface area contributed by atoms with Gasteiger partial charge in [0.2, 0.25) is 0 Å². The first-order chi connectivity index (χ1) is 12.7. The Kier molecular flexibility index (Phi) is 9.76. The van der Waals surface area contributed by atoms with E-state index in [1.807, 2.05) is 7.05 Å². The van der Waals surface area contributed by atoms with E-state index in [4.69, 9.17) is 0 Å². The Morgan fingerprint density at radius 3 is 2.31 bits per heavy atom. The molecule has 1 atom stereocenters. The van der Waals surface area contributed by atoms with Gasteiger partial charge in [0.25, 0.3) is 0 Å². The van der Waals surface area contributed by atoms with E-state index in [1.165, 1.54) is 84.5 Å². The van der Waals surface area contributed by atoms with Crippen molar-refractivity contribution < 1.29 is 0 Å². The topological polar surface area (TPSA) is 34.1 Å². The summed E-state index contributed by atoms with van der Waals surface area (Å²) >= 11 is 0. The molecular weight excluding hydrogens is 322 g/mol. The van der Waals surface area contributed by atoms with E-state index in [9.17, 15) is 0 Å². The first-order valence-electron chi connectivity index (χ1n) is 11.1. The molecule has 2 aliphatic rings. The average Bonchev–Trinajstić information content (AvgIpc) is 3.16. The Morgan fingerprint density at radius 1 is 1.00 bits per heavy atom. The van der Waals surface area contributed by atoms with Gasteiger partial charge < -0.3 is 20.0 Å². The lowest BCUT2D eigenvalue weighted by atomic mass is 9.87. The van der Waals surface area contributed by atoms with E-state index in [0.29, 0.717) is 0 Å². The summed E-state index contributed by atoms with van der Waals surface area (Å²) in [5.41, 5.74) is 0. The average molecular weight is 366 g/mol. The van der Waals surface area contributed by atoms with Crippen LogP contribution in [0.15, 0.2) is 4.99 Å². The second-order valence-electron chi connectivity index (χ2n) is 8.03. The third-order valence-corrected chi connectivity index (χ3v) is 6.55. The smallest absolute Gasteiger partial charge is 0.193 e. The molecule has 2 rings (SSSR count). The number of hydrogen-bond acceptors (Lipinski definition) is 3. The lowest BCUT2D eigenvalue weighted by Gasteiger charge is -2.34. The number of nitrogens with one attached hydrogen (secondary N) is 1. The predicted octanol–water partition coefficient (Wildman–Crippen LogP) is 2.74. The highest BCUT2D eigenvalue weighted by Crippen LogP contribution is 2.28. The summed E-state index contributed by atoms with van der Waals surface area (Å²) in [5, 5.41) is 3.61. The van der Waals surface area contributed by atoms with Crippen LogP contribution in [0.1, 0.15) is 52.9 Å². The monoisotopic (exact) mass is 365 g/mol. The van der Waals surface area contributed by atoms with Crippen molar-refractivity contribution in [2.45, 2.75) is 52.9 Å². The van der Waals surface area contributed by atoms with Gasteiger partial charge in [-0.2, -0.15) is 0 Å². The van der Waals surface area contributed by atoms with Crippen molar-refractivity contribution in [1.29, 1.82) is 0 Å². The maximum absolute atomic E-state index is 4.54. The Morgan fingerprint density at radius 2 is 1.69 bits per heavy atom. The zero-order valence-electron chi connectivity index (χ0n) is 17.8. The van der Waals surface area contributed by atoms with Gasteiger partial charge in [-0.05, 0) is 44.2 Å². The van der Waals surface area contributed by atoms with Crippen LogP contribution in [0.3, 0.4) is 0 Å². The molecular formula is C21H43N5. The highest BCUT2D eigenvalue weighted by atomic mass is 15.3. The summed E-state index contributed by atoms with van der Waals surface area (Å²) in [6.07, 6.45) is 6.47. The number of likely N-dealkylation sites (tertiary alicyclic amines) is 1. The van der Waals surface area contributed by atoms with Gasteiger partial charge in [0.05, 0.1) is 0 Å². The van der Waals surface area contributed by atoms with Crippen LogP contribution in [0, 0.1) is 11.8 Å². The van der Waals surface area contributed by atoms with E-state index < -0.39 is 0 Å². The van der Waals surface area contributed by atoms with Gasteiger partial charge in [0.15, 0.2) is 5.96 Å². The number of rotatable bonds is 9. The molecule has 0 saturated carbocycles. The first-order valence-corrected chi connectivity index (χ1v) is 11.1. The molecule has 152 valence electrons. The number of nitrogens with zero attached hydrogens (tertiary/aromatic N) is 4. The molecule has 0 radical (unpaired) electrons. The van der Waals surface area contributed by atoms with Crippen LogP contribution in [-0.4, -0.2) is 86.6 Å². The second kappa shape index (κ2) is 11.8. The SMILES string of the molecule is CCC(CC)C1CCN(C(=NC)NCCCCN2CCN(CC)CC2)C1. The number of hydrogen-bond donors (Lipinski definition) is 1. The molecule has 0 aromatic carbocycles. The molecule has 1 unspecified atom stereocenters. The second-order valence-corrected chi connectivity index (χ2v) is 8.03. The Balaban J connectivity index is 1.59. The largest absolute Gasteiger partial charge is 0.356 e. The fraction of sp³-hybridized carbons (Fsp3) is 0.952. The van der Waals surface area contributed by atoms with Crippen molar-refractivity contribution in [2.24, 2.45) is 16.8 Å². The minimum Gasteiger partial charge on any atom is -0.356 e. The van der Waals surface area contributed by atoms with Crippen molar-refractivity contribution >= 4 is 5.96 Å². The maximum Gasteiger partial charge on any atom is 0.193 e. The lowest BCUT2D eigenvalue weighted by Crippen LogP contribution is -2.46. The molecule has 5 nitrogen and oxygen atoms in total. The van der Waals surface area contributed by atoms with E-state index >= 15 is 0 Å². The molecule has 2 aliphatic heterocycles. The van der Waals surface area contributed by atoms with Crippen LogP contribution in [0.25, 0.3) is 0 Å². The van der Waals surface area contributed by atoms with Crippen LogP contribution in [-0.2, 0) is 0 Å². The van der Waals surface area contributed by atoms with E-state index in [1.54, 1.807) is 0 Å². The summed E-state index contributed by atoms with van der Waals surface area (Å²) in [4.78, 5) is 12.2. The minimum absolute atomic E-state index is 0.852. The number of likely N-dealkylation sites (N-methyl/N-ethyl adjacent to an activating group) is 1. The molecule has 2 fully saturated rings. The van der Waals surface area contributed by atoms with Gasteiger partial charge in [-0.1, -0.05) is 33.6 Å². The van der Waals surface area contributed by atoms with Gasteiger partial charge in [-0.3, -0.25) is 4.99 Å². The molecule has 2 heterocycles. The molecule has 26 heavy (non-hydrogen) atoms. The zero-order chi connectivity index (χ0) is 18.8. The summed E-state index contributed by atoms with van der Waals surface area (Å²) < 4.78 is 0. The number of piperazine rings is 1. The summed E-state index contributed by atoms with van der Waals surface area (Å²) in [7, 11) is 1.93. The van der Waals surface area contributed by atoms with Gasteiger partial charge in [0.1, 0.15) is 0 Å². The Bertz CT molecular complexity index is 399. The molecule has 2 saturated heterocycles. The predicted molar refractivity (Wildman–Crippen MR) is 113 cm³/mol. The normalized spacial score (nSPS) is 23.2. The Hall–Kier alpha value is -0.810. The highest BCUT2D eigenvalue weighted by Gasteiger charge is 2.29. The first kappa shape index (κ1) is 21.5. The van der Waals surface area contributed by atoms with E-state index in [-0.39, 0.29) is 0 Å². The fourth-order valence-electron chi connectivity index (χ4n) is 4.64. The standard InChI is InChI=1S/C21H43N5/c1-5-19(6-2)20-10-13-26(18-20)21(22-4)23-11-8-9-12-25-16-14-24(7-3)15-17-25/h19-20H,5-18H2,1-4H3,(H,22,23). The Labute approximate surface area is 162 Å². The molecule has 5 heteroatoms. The number of guanidine groups is 1. The van der Waals surface area contributed by atoms with Crippen molar-refractivity contribution in [3.8, 4) is 0 Å². The van der Waals surface area contributed by atoms with Crippen LogP contribution in [0.5, 0.6) is 0 Å². The summed E-state index contributed by atoms with van der Waals surface area (Å²) in [6, 6.07) is 0. The van der Waals surface area contributed by atoms with Crippen molar-refractivity contribution in [3.05, 3.63) is 0 Å². The summed E-state index contributed by atoms with van der Waals surface area (Å²) in [6.45, 7) is 17.8. The third-order valence-electron chi connectivity index (χ3n) is 6.55. The molecule has 0 bridgehead atoms. The van der Waals surface area contributed by atoms with Gasteiger partial charge in [0, 0.05) is 52.9 Å². The maximum atomic E-state index is 4.54. The van der Waals surface area contributed by atoms with Crippen LogP contribution < -0.4 is 5.32 Å². The third kappa shape index (κ3) is 6.41. The molecule has 0 aromatic rings. The molecule has 0 aliphatic carbocycles. The molecule has 0 spiro atoms. The van der Waals surface area contributed by atoms with Crippen molar-refractivity contribution in [2.75, 3.05) is 66.0 Å². The van der Waals surface area contributed by atoms with Gasteiger partial charge in [-0.15, -0.1) is 0 Å². The van der Waals surface area contributed by atoms with E-state index in [0.717, 1.165) is 24.3 Å². The van der Waals surface area contributed by atoms with Crippen LogP contribution >= 0.6 is 0 Å². The minimum atomic E-state index is 0.852. The van der Waals surface area contributed by atoms with E-state index in [2.05, 4.69) is 45.8 Å². The van der Waals surface area contributed by atoms with Crippen molar-refractivity contribution in [3.63, 3.8) is 0 Å². The fourth-order valence-corrected chi connectivity index (χ4v) is 4.64. The van der Waals surface area contributed by atoms with Gasteiger partial charge >= 0.3 is 0 Å². The zero-order valence-corrected chi connectivity index (χ0v) is 17.8. The number of aliphatic imine (C=N–C) groups is 1. The highest BCUT2D eigenvalue weighted by molar-refractivity contribution is 5.80. The quantitative estimate of drug-likeness (QED) is 0.387. The number of unbranched alkanes of at least 4 members (excludes halogenated alkanes) is 1. The molecule has 0 amide bonds. The molecule has 0 aromatic heterocycles. The van der Waals surface area contributed by atoms with Crippen LogP contribution in [0.2, 0.25) is 0 Å². The van der Waals surface area contributed by atoms with Gasteiger partial charge in [-0.25, -0.2) is 0 Å². The van der Waals surface area contributed by atoms with Crippen molar-refractivity contribution in [1.82, 2.24) is 20.0 Å². The lowest BCUT2D eigenvalue weighted by molar-refractivity contribution is 0.136. The van der Waals surface area contributed by atoms with Crippen LogP contribution in [0.4, 0.5) is 0 Å². The molecule has 1 N–H and O–H groups in total. The summed E-state index contributed by atoms with van der Waals surface area (Å²) in [5.74, 6) is 2.85.